The lowest BCUT2D eigenvalue weighted by molar-refractivity contribution is -0.159. The number of carboxylic acid groups (broad SMARTS) is 2. The maximum Gasteiger partial charge on any atom is 0.875 e. The molecule has 0 heterocycles. The molecule has 0 aromatic heterocycles. The van der Waals surface area contributed by atoms with Crippen LogP contribution in [0.2, 0.25) is 0 Å². The lowest BCUT2D eigenvalue weighted by Gasteiger charge is -2.12. The molecule has 0 amide bonds. The van der Waals surface area contributed by atoms with Crippen LogP contribution in [0.1, 0.15) is 0 Å². The molecule has 0 aliphatic carbocycles. The van der Waals surface area contributed by atoms with Crippen molar-refractivity contribution in [1.29, 1.82) is 0 Å². The van der Waals surface area contributed by atoms with Gasteiger partial charge in [-0.2, -0.15) is 0 Å². The number of hydrogen-bond donors (Lipinski definition) is 2. The Kier molecular flexibility index (Phi) is 10.9. The second-order valence-corrected chi connectivity index (χ2v) is 3.51. The number of ether oxygens (including phenoxy) is 4. The van der Waals surface area contributed by atoms with E-state index in [4.69, 9.17) is 10.2 Å². The van der Waals surface area contributed by atoms with Crippen molar-refractivity contribution in [3.05, 3.63) is 0 Å². The first-order valence-corrected chi connectivity index (χ1v) is 6.28. The summed E-state index contributed by atoms with van der Waals surface area (Å²) in [6.45, 7) is -1.93. The minimum atomic E-state index is -2.49. The number of carbonyl (C=O) groups excluding carboxylic acids is 4. The van der Waals surface area contributed by atoms with Crippen molar-refractivity contribution < 1.29 is 71.9 Å². The van der Waals surface area contributed by atoms with Crippen molar-refractivity contribution in [3.63, 3.8) is 0 Å². The summed E-state index contributed by atoms with van der Waals surface area (Å²) < 4.78 is 29.2. The topological polar surface area (TPSA) is 207 Å². The molecule has 0 aliphatic rings. The number of aliphatic carboxylic acids is 1. The minimum Gasteiger partial charge on any atom is -0.473 e. The maximum atomic E-state index is 11.3. The zero-order valence-corrected chi connectivity index (χ0v) is 12.7. The Bertz CT molecular complexity index is 531. The first-order chi connectivity index (χ1) is 12.3. The standard InChI is InChI=1S/C10H11BO15/c12-5-20-1-2-22-9(18)25-11(24-7(15)6(13)14)26-10(19)23-4-3-21-8(16)17/h5H,1-4H2,(H,13,14)(H,16,17). The first kappa shape index (κ1) is 22.3. The highest BCUT2D eigenvalue weighted by molar-refractivity contribution is 6.48. The first-order valence-electron chi connectivity index (χ1n) is 6.28. The van der Waals surface area contributed by atoms with Gasteiger partial charge in [-0.1, -0.05) is 0 Å². The van der Waals surface area contributed by atoms with Gasteiger partial charge in [-0.05, 0) is 0 Å². The quantitative estimate of drug-likeness (QED) is 0.113. The van der Waals surface area contributed by atoms with Gasteiger partial charge in [-0.15, -0.1) is 0 Å². The van der Waals surface area contributed by atoms with Crippen molar-refractivity contribution in [3.8, 4) is 0 Å². The molecule has 0 rings (SSSR count). The van der Waals surface area contributed by atoms with E-state index in [1.165, 1.54) is 0 Å². The van der Waals surface area contributed by atoms with E-state index >= 15 is 0 Å². The van der Waals surface area contributed by atoms with Crippen LogP contribution in [0.5, 0.6) is 0 Å². The summed E-state index contributed by atoms with van der Waals surface area (Å²) in [5.41, 5.74) is 0. The molecule has 0 aromatic carbocycles. The predicted octanol–water partition coefficient (Wildman–Crippen LogP) is -1.23. The lowest BCUT2D eigenvalue weighted by Crippen LogP contribution is -2.37. The molecule has 144 valence electrons. The van der Waals surface area contributed by atoms with Gasteiger partial charge >= 0.3 is 37.7 Å². The van der Waals surface area contributed by atoms with Gasteiger partial charge in [0.2, 0.25) is 0 Å². The van der Waals surface area contributed by atoms with Gasteiger partial charge in [0.15, 0.2) is 0 Å². The second-order valence-electron chi connectivity index (χ2n) is 3.51. The number of carboxylic acids is 1. The van der Waals surface area contributed by atoms with E-state index in [0.29, 0.717) is 0 Å². The van der Waals surface area contributed by atoms with Crippen LogP contribution in [-0.2, 0) is 47.3 Å². The third-order valence-electron chi connectivity index (χ3n) is 1.78. The monoisotopic (exact) mass is 382 g/mol. The van der Waals surface area contributed by atoms with Gasteiger partial charge in [0.05, 0.1) is 0 Å². The average molecular weight is 382 g/mol. The number of rotatable bonds is 10. The van der Waals surface area contributed by atoms with Gasteiger partial charge in [-0.3, -0.25) is 4.79 Å². The number of hydrogen-bond acceptors (Lipinski definition) is 13. The third-order valence-corrected chi connectivity index (χ3v) is 1.78. The van der Waals surface area contributed by atoms with Crippen molar-refractivity contribution in [2.75, 3.05) is 26.4 Å². The molecule has 0 bridgehead atoms. The SMILES string of the molecule is O=COCCOC(=O)OB(OC(=O)OCCOC(=O)O)OC(=O)C(=O)O. The summed E-state index contributed by atoms with van der Waals surface area (Å²) in [5.74, 6) is -4.05. The Morgan fingerprint density at radius 3 is 1.73 bits per heavy atom. The Morgan fingerprint density at radius 2 is 1.27 bits per heavy atom. The van der Waals surface area contributed by atoms with Crippen LogP contribution < -0.4 is 0 Å². The molecule has 0 fully saturated rings. The van der Waals surface area contributed by atoms with Crippen LogP contribution in [0.25, 0.3) is 0 Å². The van der Waals surface area contributed by atoms with Gasteiger partial charge in [0.1, 0.15) is 26.4 Å². The van der Waals surface area contributed by atoms with E-state index in [-0.39, 0.29) is 13.1 Å². The molecule has 15 nitrogen and oxygen atoms in total. The molecule has 0 radical (unpaired) electrons. The largest absolute Gasteiger partial charge is 0.875 e. The van der Waals surface area contributed by atoms with Crippen LogP contribution >= 0.6 is 0 Å². The van der Waals surface area contributed by atoms with E-state index in [9.17, 15) is 28.8 Å². The van der Waals surface area contributed by atoms with E-state index in [2.05, 4.69) is 32.9 Å². The molecule has 0 unspecified atom stereocenters. The molecule has 0 spiro atoms. The fourth-order valence-electron chi connectivity index (χ4n) is 0.910. The molecule has 2 N–H and O–H groups in total. The Hall–Kier alpha value is -3.72. The van der Waals surface area contributed by atoms with Gasteiger partial charge in [0, 0.05) is 0 Å². The second kappa shape index (κ2) is 12.7. The lowest BCUT2D eigenvalue weighted by atomic mass is 10.2. The molecule has 0 aromatic rings. The zero-order valence-electron chi connectivity index (χ0n) is 12.7. The molecule has 16 heteroatoms. The Balaban J connectivity index is 4.49. The molecular formula is C10H11BO15. The van der Waals surface area contributed by atoms with Gasteiger partial charge in [0.25, 0.3) is 6.47 Å². The minimum absolute atomic E-state index is 0.0688. The van der Waals surface area contributed by atoms with Crippen LogP contribution in [0.15, 0.2) is 0 Å². The molecule has 0 atom stereocenters. The third kappa shape index (κ3) is 11.8. The molecule has 0 saturated carbocycles. The predicted molar refractivity (Wildman–Crippen MR) is 70.3 cm³/mol. The highest BCUT2D eigenvalue weighted by Gasteiger charge is 2.40. The van der Waals surface area contributed by atoms with Crippen LogP contribution in [-0.4, -0.2) is 80.8 Å². The fraction of sp³-hybridized carbons (Fsp3) is 0.400. The Labute approximate surface area is 143 Å². The summed E-state index contributed by atoms with van der Waals surface area (Å²) in [6.07, 6.45) is -4.84. The fourth-order valence-corrected chi connectivity index (χ4v) is 0.910. The highest BCUT2D eigenvalue weighted by atomic mass is 16.9. The molecule has 0 saturated heterocycles. The summed E-state index contributed by atoms with van der Waals surface area (Å²) in [6, 6.07) is 0. The summed E-state index contributed by atoms with van der Waals surface area (Å²) in [4.78, 5) is 63.7. The molecule has 0 aliphatic heterocycles. The van der Waals surface area contributed by atoms with Crippen molar-refractivity contribution in [2.24, 2.45) is 0 Å². The van der Waals surface area contributed by atoms with Gasteiger partial charge < -0.3 is 43.1 Å². The Morgan fingerprint density at radius 1 is 0.769 bits per heavy atom. The maximum absolute atomic E-state index is 11.3. The smallest absolute Gasteiger partial charge is 0.473 e. The number of carbonyl (C=O) groups is 6. The molecular weight excluding hydrogens is 371 g/mol. The van der Waals surface area contributed by atoms with Crippen LogP contribution in [0, 0.1) is 0 Å². The highest BCUT2D eigenvalue weighted by Crippen LogP contribution is 2.00. The zero-order chi connectivity index (χ0) is 19.9. The van der Waals surface area contributed by atoms with Crippen LogP contribution in [0.4, 0.5) is 14.4 Å². The van der Waals surface area contributed by atoms with Crippen molar-refractivity contribution >= 4 is 44.2 Å². The summed E-state index contributed by atoms with van der Waals surface area (Å²) >= 11 is 0. The average Bonchev–Trinajstić information content (AvgIpc) is 2.55. The normalized spacial score (nSPS) is 9.08. The van der Waals surface area contributed by atoms with E-state index < -0.39 is 57.5 Å². The van der Waals surface area contributed by atoms with Gasteiger partial charge in [-0.25, -0.2) is 24.0 Å². The van der Waals surface area contributed by atoms with E-state index in [1.54, 1.807) is 0 Å². The van der Waals surface area contributed by atoms with Crippen LogP contribution in [0.3, 0.4) is 0 Å². The summed E-state index contributed by atoms with van der Waals surface area (Å²) in [7, 11) is -2.49. The molecule has 26 heavy (non-hydrogen) atoms. The van der Waals surface area contributed by atoms with E-state index in [1.807, 2.05) is 0 Å². The van der Waals surface area contributed by atoms with Crippen molar-refractivity contribution in [2.45, 2.75) is 0 Å². The van der Waals surface area contributed by atoms with E-state index in [0.717, 1.165) is 0 Å². The summed E-state index contributed by atoms with van der Waals surface area (Å²) in [5, 5.41) is 16.6. The van der Waals surface area contributed by atoms with Crippen molar-refractivity contribution in [1.82, 2.24) is 0 Å².